The van der Waals surface area contributed by atoms with Crippen LogP contribution in [0.1, 0.15) is 126 Å². The lowest BCUT2D eigenvalue weighted by Crippen LogP contribution is -2.59. The number of amides is 6. The van der Waals surface area contributed by atoms with Gasteiger partial charge in [-0.15, -0.1) is 0 Å². The number of carbonyl (C=O) groups excluding carboxylic acids is 6. The zero-order valence-corrected chi connectivity index (χ0v) is 43.7. The Morgan fingerprint density at radius 1 is 0.557 bits per heavy atom. The van der Waals surface area contributed by atoms with Crippen molar-refractivity contribution in [1.29, 1.82) is 0 Å². The molecule has 6 atom stereocenters. The molecule has 0 radical (unpaired) electrons. The highest BCUT2D eigenvalue weighted by atomic mass is 16.2. The highest BCUT2D eigenvalue weighted by Crippen LogP contribution is 2.29. The first-order valence-corrected chi connectivity index (χ1v) is 25.6. The fourth-order valence-electron chi connectivity index (χ4n) is 9.42. The van der Waals surface area contributed by atoms with Gasteiger partial charge in [0.15, 0.2) is 0 Å². The Morgan fingerprint density at radius 3 is 1.33 bits per heavy atom. The van der Waals surface area contributed by atoms with Gasteiger partial charge >= 0.3 is 0 Å². The number of nitrogens with one attached hydrogen (secondary N) is 4. The van der Waals surface area contributed by atoms with Crippen molar-refractivity contribution in [2.24, 2.45) is 10.8 Å². The molecule has 3 aromatic rings. The van der Waals surface area contributed by atoms with Crippen LogP contribution in [-0.4, -0.2) is 145 Å². The van der Waals surface area contributed by atoms with Gasteiger partial charge in [-0.3, -0.25) is 28.8 Å². The number of unbranched alkanes of at least 4 members (excludes halogenated alkanes) is 1. The molecule has 0 aliphatic carbocycles. The summed E-state index contributed by atoms with van der Waals surface area (Å²) < 4.78 is 0. The van der Waals surface area contributed by atoms with Crippen LogP contribution in [0.4, 0.5) is 0 Å². The lowest BCUT2D eigenvalue weighted by atomic mass is 9.85. The molecule has 3 aromatic carbocycles. The number of hydrogen-bond acceptors (Lipinski definition) is 8. The second-order valence-electron chi connectivity index (χ2n) is 21.5. The summed E-state index contributed by atoms with van der Waals surface area (Å²) in [7, 11) is 3.42. The van der Waals surface area contributed by atoms with Crippen molar-refractivity contribution in [2.75, 3.05) is 53.4 Å². The van der Waals surface area contributed by atoms with E-state index in [0.717, 1.165) is 50.5 Å². The number of aryl methyl sites for hydroxylation is 1. The SMILES string of the molecule is CN[C@@H](C)C(=O)N[C@H](C(=O)N1CCC[C@H]1CN(CCCCc1ccccc1)C(=O)c1ccc(C(=O)N(CCc2ccccc2)C[C@@H]2CCCN2C(=O)[C@@H](NC(=O)[C@H](C)NC)C(C)(C)C)cc1)C(C)(C)C. The molecule has 0 spiro atoms. The molecular weight excluding hydrogens is 881 g/mol. The number of likely N-dealkylation sites (N-methyl/N-ethyl adjacent to an activating group) is 2. The largest absolute Gasteiger partial charge is 0.342 e. The Bertz CT molecular complexity index is 2190. The molecule has 4 N–H and O–H groups in total. The summed E-state index contributed by atoms with van der Waals surface area (Å²) in [5.74, 6) is -1.16. The summed E-state index contributed by atoms with van der Waals surface area (Å²) in [6.45, 7) is 17.9. The third-order valence-corrected chi connectivity index (χ3v) is 14.1. The van der Waals surface area contributed by atoms with E-state index in [4.69, 9.17) is 0 Å². The van der Waals surface area contributed by atoms with Crippen LogP contribution in [0.5, 0.6) is 0 Å². The van der Waals surface area contributed by atoms with E-state index in [-0.39, 0.29) is 47.5 Å². The van der Waals surface area contributed by atoms with Gasteiger partial charge in [0.05, 0.1) is 12.1 Å². The first-order valence-electron chi connectivity index (χ1n) is 25.6. The minimum Gasteiger partial charge on any atom is -0.342 e. The van der Waals surface area contributed by atoms with Crippen LogP contribution in [0.25, 0.3) is 0 Å². The van der Waals surface area contributed by atoms with Crippen LogP contribution >= 0.6 is 0 Å². The van der Waals surface area contributed by atoms with E-state index in [9.17, 15) is 28.8 Å². The highest BCUT2D eigenvalue weighted by molar-refractivity contribution is 5.98. The van der Waals surface area contributed by atoms with E-state index >= 15 is 0 Å². The Kier molecular flexibility index (Phi) is 20.2. The molecule has 0 saturated carbocycles. The zero-order chi connectivity index (χ0) is 51.2. The monoisotopic (exact) mass is 963 g/mol. The van der Waals surface area contributed by atoms with Crippen molar-refractivity contribution in [3.05, 3.63) is 107 Å². The van der Waals surface area contributed by atoms with Gasteiger partial charge < -0.3 is 40.9 Å². The summed E-state index contributed by atoms with van der Waals surface area (Å²) >= 11 is 0. The lowest BCUT2D eigenvalue weighted by molar-refractivity contribution is -0.141. The lowest BCUT2D eigenvalue weighted by Gasteiger charge is -2.37. The minimum atomic E-state index is -0.754. The van der Waals surface area contributed by atoms with Crippen LogP contribution in [0.15, 0.2) is 84.9 Å². The van der Waals surface area contributed by atoms with Gasteiger partial charge in [-0.1, -0.05) is 102 Å². The van der Waals surface area contributed by atoms with E-state index in [2.05, 4.69) is 33.4 Å². The highest BCUT2D eigenvalue weighted by Gasteiger charge is 2.42. The molecule has 2 saturated heterocycles. The smallest absolute Gasteiger partial charge is 0.253 e. The topological polar surface area (TPSA) is 163 Å². The molecule has 6 amide bonds. The standard InChI is InChI=1S/C56H82N8O6/c1-39(57-9)49(65)59-47(55(3,4)5)53(69)63-34-19-26-45(63)37-61(33-18-17-25-41-21-13-11-14-22-41)51(67)43-28-30-44(31-29-43)52(68)62(36-32-42-23-15-12-16-24-42)38-46-27-20-35-64(46)54(70)48(56(6,7)8)60-50(66)40(2)58-10/h11-16,21-24,28-31,39-40,45-48,57-58H,17-20,25-27,32-38H2,1-10H3,(H,59,65)(H,60,66)/t39-,40-,45-,46-,47+,48+/m0/s1. The predicted molar refractivity (Wildman–Crippen MR) is 277 cm³/mol. The molecule has 2 fully saturated rings. The van der Waals surface area contributed by atoms with Gasteiger partial charge in [-0.2, -0.15) is 0 Å². The maximum atomic E-state index is 14.7. The van der Waals surface area contributed by atoms with Gasteiger partial charge in [0.1, 0.15) is 12.1 Å². The number of likely N-dealkylation sites (tertiary alicyclic amines) is 2. The number of carbonyl (C=O) groups is 6. The molecule has 2 aliphatic rings. The summed E-state index contributed by atoms with van der Waals surface area (Å²) in [6.07, 6.45) is 6.15. The first-order chi connectivity index (χ1) is 33.2. The fraction of sp³-hybridized carbons (Fsp3) is 0.571. The summed E-state index contributed by atoms with van der Waals surface area (Å²) in [4.78, 5) is 91.6. The average molecular weight is 963 g/mol. The van der Waals surface area contributed by atoms with E-state index in [1.807, 2.05) is 110 Å². The van der Waals surface area contributed by atoms with Gasteiger partial charge in [-0.05, 0) is 126 Å². The quantitative estimate of drug-likeness (QED) is 0.0880. The zero-order valence-electron chi connectivity index (χ0n) is 43.7. The number of nitrogens with zero attached hydrogens (tertiary/aromatic N) is 4. The van der Waals surface area contributed by atoms with Crippen LogP contribution < -0.4 is 21.3 Å². The van der Waals surface area contributed by atoms with Gasteiger partial charge in [-0.25, -0.2) is 0 Å². The second kappa shape index (κ2) is 25.5. The van der Waals surface area contributed by atoms with Crippen molar-refractivity contribution in [1.82, 2.24) is 40.9 Å². The molecule has 0 unspecified atom stereocenters. The molecular formula is C56H82N8O6. The van der Waals surface area contributed by atoms with Crippen LogP contribution in [0.3, 0.4) is 0 Å². The molecule has 2 heterocycles. The summed E-state index contributed by atoms with van der Waals surface area (Å²) in [5.41, 5.74) is 2.10. The fourth-order valence-corrected chi connectivity index (χ4v) is 9.42. The van der Waals surface area contributed by atoms with E-state index in [0.29, 0.717) is 56.8 Å². The summed E-state index contributed by atoms with van der Waals surface area (Å²) in [6, 6.07) is 24.3. The Morgan fingerprint density at radius 2 is 0.943 bits per heavy atom. The van der Waals surface area contributed by atoms with E-state index in [1.165, 1.54) is 5.56 Å². The predicted octanol–water partition coefficient (Wildman–Crippen LogP) is 6.10. The van der Waals surface area contributed by atoms with Crippen LogP contribution in [-0.2, 0) is 32.0 Å². The maximum Gasteiger partial charge on any atom is 0.253 e. The molecule has 382 valence electrons. The third-order valence-electron chi connectivity index (χ3n) is 14.1. The Labute approximate surface area is 418 Å². The third kappa shape index (κ3) is 15.2. The van der Waals surface area contributed by atoms with Crippen molar-refractivity contribution >= 4 is 35.4 Å². The van der Waals surface area contributed by atoms with Gasteiger partial charge in [0.2, 0.25) is 23.6 Å². The van der Waals surface area contributed by atoms with Crippen LogP contribution in [0.2, 0.25) is 0 Å². The van der Waals surface area contributed by atoms with Crippen LogP contribution in [0, 0.1) is 10.8 Å². The number of benzene rings is 3. The van der Waals surface area contributed by atoms with Crippen molar-refractivity contribution in [3.8, 4) is 0 Å². The van der Waals surface area contributed by atoms with Gasteiger partial charge in [0.25, 0.3) is 11.8 Å². The van der Waals surface area contributed by atoms with E-state index < -0.39 is 35.0 Å². The van der Waals surface area contributed by atoms with Gasteiger partial charge in [0, 0.05) is 62.5 Å². The van der Waals surface area contributed by atoms with Crippen molar-refractivity contribution in [2.45, 2.75) is 143 Å². The Balaban J connectivity index is 1.37. The Hall–Kier alpha value is -5.60. The molecule has 0 aromatic heterocycles. The molecule has 2 aliphatic heterocycles. The van der Waals surface area contributed by atoms with Crippen molar-refractivity contribution in [3.63, 3.8) is 0 Å². The second-order valence-corrected chi connectivity index (χ2v) is 21.5. The molecule has 14 nitrogen and oxygen atoms in total. The molecule has 14 heteroatoms. The maximum absolute atomic E-state index is 14.7. The molecule has 70 heavy (non-hydrogen) atoms. The number of hydrogen-bond donors (Lipinski definition) is 4. The normalized spacial score (nSPS) is 17.9. The molecule has 0 bridgehead atoms. The number of rotatable bonds is 22. The molecule has 5 rings (SSSR count). The minimum absolute atomic E-state index is 0.146. The summed E-state index contributed by atoms with van der Waals surface area (Å²) in [5, 5.41) is 11.9. The van der Waals surface area contributed by atoms with Crippen molar-refractivity contribution < 1.29 is 28.8 Å². The van der Waals surface area contributed by atoms with E-state index in [1.54, 1.807) is 52.2 Å². The average Bonchev–Trinajstić information content (AvgIpc) is 4.03. The first kappa shape index (κ1) is 55.3.